The zero-order valence-corrected chi connectivity index (χ0v) is 10.4. The summed E-state index contributed by atoms with van der Waals surface area (Å²) in [6, 6.07) is 4.15. The molecule has 2 aromatic heterocycles. The molecule has 0 spiro atoms. The maximum absolute atomic E-state index is 5.68. The molecule has 2 aromatic rings. The summed E-state index contributed by atoms with van der Waals surface area (Å²) in [5.41, 5.74) is 7.74. The van der Waals surface area contributed by atoms with Crippen molar-refractivity contribution in [2.75, 3.05) is 31.1 Å². The number of hydrogen-bond donors (Lipinski definition) is 1. The maximum Gasteiger partial charge on any atom is 0.157 e. The predicted octanol–water partition coefficient (Wildman–Crippen LogP) is 0.202. The Morgan fingerprint density at radius 1 is 1.50 bits per heavy atom. The van der Waals surface area contributed by atoms with Crippen LogP contribution in [0, 0.1) is 6.92 Å². The lowest BCUT2D eigenvalue weighted by Gasteiger charge is -2.34. The number of morpholine rings is 1. The zero-order valence-electron chi connectivity index (χ0n) is 10.4. The molecule has 3 heterocycles. The smallest absolute Gasteiger partial charge is 0.157 e. The third-order valence-corrected chi connectivity index (χ3v) is 3.23. The van der Waals surface area contributed by atoms with Gasteiger partial charge in [0.15, 0.2) is 5.65 Å². The largest absolute Gasteiger partial charge is 0.373 e. The number of fused-ring (bicyclic) bond motifs is 1. The fourth-order valence-corrected chi connectivity index (χ4v) is 2.33. The number of pyridine rings is 1. The van der Waals surface area contributed by atoms with Gasteiger partial charge >= 0.3 is 0 Å². The lowest BCUT2D eigenvalue weighted by molar-refractivity contribution is 0.0461. The van der Waals surface area contributed by atoms with Crippen molar-refractivity contribution < 1.29 is 4.74 Å². The van der Waals surface area contributed by atoms with E-state index in [1.807, 2.05) is 10.6 Å². The van der Waals surface area contributed by atoms with Crippen LogP contribution in [0.5, 0.6) is 0 Å². The number of ether oxygens (including phenoxy) is 1. The Balaban J connectivity index is 2.00. The molecule has 1 aliphatic heterocycles. The van der Waals surface area contributed by atoms with Gasteiger partial charge in [-0.1, -0.05) is 0 Å². The van der Waals surface area contributed by atoms with Crippen LogP contribution in [0.4, 0.5) is 5.82 Å². The third-order valence-electron chi connectivity index (χ3n) is 3.23. The van der Waals surface area contributed by atoms with Crippen LogP contribution in [-0.4, -0.2) is 46.9 Å². The quantitative estimate of drug-likeness (QED) is 0.821. The van der Waals surface area contributed by atoms with Crippen molar-refractivity contribution in [3.8, 4) is 0 Å². The molecule has 0 aromatic carbocycles. The maximum atomic E-state index is 5.68. The molecule has 96 valence electrons. The van der Waals surface area contributed by atoms with Crippen molar-refractivity contribution in [3.63, 3.8) is 0 Å². The van der Waals surface area contributed by atoms with E-state index in [-0.39, 0.29) is 6.10 Å². The second-order valence-corrected chi connectivity index (χ2v) is 4.60. The Hall–Kier alpha value is -1.66. The van der Waals surface area contributed by atoms with Gasteiger partial charge in [-0.15, -0.1) is 0 Å². The van der Waals surface area contributed by atoms with E-state index in [2.05, 4.69) is 28.0 Å². The summed E-state index contributed by atoms with van der Waals surface area (Å²) in [6.07, 6.45) is 1.68. The van der Waals surface area contributed by atoms with Crippen LogP contribution in [0.25, 0.3) is 5.65 Å². The molecular weight excluding hydrogens is 230 g/mol. The van der Waals surface area contributed by atoms with E-state index >= 15 is 0 Å². The molecule has 1 fully saturated rings. The second-order valence-electron chi connectivity index (χ2n) is 4.60. The molecule has 6 heteroatoms. The van der Waals surface area contributed by atoms with Crippen molar-refractivity contribution in [1.29, 1.82) is 0 Å². The van der Waals surface area contributed by atoms with Crippen molar-refractivity contribution in [2.24, 2.45) is 5.73 Å². The van der Waals surface area contributed by atoms with Crippen LogP contribution >= 0.6 is 0 Å². The summed E-state index contributed by atoms with van der Waals surface area (Å²) < 4.78 is 7.46. The van der Waals surface area contributed by atoms with E-state index in [0.29, 0.717) is 13.2 Å². The van der Waals surface area contributed by atoms with Crippen molar-refractivity contribution in [3.05, 3.63) is 24.0 Å². The van der Waals surface area contributed by atoms with E-state index in [1.54, 1.807) is 6.33 Å². The summed E-state index contributed by atoms with van der Waals surface area (Å²) in [5, 5.41) is 4.28. The molecule has 2 N–H and O–H groups in total. The first-order valence-electron chi connectivity index (χ1n) is 6.15. The zero-order chi connectivity index (χ0) is 12.5. The van der Waals surface area contributed by atoms with Gasteiger partial charge in [-0.2, -0.15) is 9.61 Å². The number of nitrogens with zero attached hydrogens (tertiary/aromatic N) is 4. The van der Waals surface area contributed by atoms with E-state index < -0.39 is 0 Å². The monoisotopic (exact) mass is 247 g/mol. The first kappa shape index (κ1) is 11.4. The lowest BCUT2D eigenvalue weighted by atomic mass is 10.2. The summed E-state index contributed by atoms with van der Waals surface area (Å²) in [7, 11) is 0. The fraction of sp³-hybridized carbons (Fsp3) is 0.500. The van der Waals surface area contributed by atoms with Crippen LogP contribution in [0.2, 0.25) is 0 Å². The standard InChI is InChI=1S/C12H17N5O/c1-9-4-11-14-8-15-17(11)12(5-9)16-2-3-18-10(6-13)7-16/h4-5,8,10H,2-3,6-7,13H2,1H3. The minimum absolute atomic E-state index is 0.0952. The van der Waals surface area contributed by atoms with Crippen LogP contribution < -0.4 is 10.6 Å². The van der Waals surface area contributed by atoms with E-state index in [4.69, 9.17) is 10.5 Å². The van der Waals surface area contributed by atoms with Gasteiger partial charge in [-0.25, -0.2) is 4.98 Å². The number of nitrogens with two attached hydrogens (primary N) is 1. The summed E-state index contributed by atoms with van der Waals surface area (Å²) in [6.45, 7) is 4.97. The van der Waals surface area contributed by atoms with Gasteiger partial charge in [0, 0.05) is 19.6 Å². The normalized spacial score (nSPS) is 20.6. The molecule has 0 radical (unpaired) electrons. The first-order chi connectivity index (χ1) is 8.78. The van der Waals surface area contributed by atoms with Gasteiger partial charge in [0.05, 0.1) is 12.7 Å². The van der Waals surface area contributed by atoms with Gasteiger partial charge in [-0.05, 0) is 24.6 Å². The van der Waals surface area contributed by atoms with Crippen LogP contribution in [0.1, 0.15) is 5.56 Å². The Kier molecular flexibility index (Phi) is 2.89. The summed E-state index contributed by atoms with van der Waals surface area (Å²) >= 11 is 0. The van der Waals surface area contributed by atoms with Crippen LogP contribution in [0.15, 0.2) is 18.5 Å². The molecule has 1 atom stereocenters. The SMILES string of the molecule is Cc1cc(N2CCOC(CN)C2)n2ncnc2c1. The van der Waals surface area contributed by atoms with Gasteiger partial charge in [0.25, 0.3) is 0 Å². The molecule has 0 aliphatic carbocycles. The van der Waals surface area contributed by atoms with Crippen molar-refractivity contribution in [1.82, 2.24) is 14.6 Å². The molecule has 18 heavy (non-hydrogen) atoms. The summed E-state index contributed by atoms with van der Waals surface area (Å²) in [5.74, 6) is 1.06. The molecule has 3 rings (SSSR count). The van der Waals surface area contributed by atoms with Crippen LogP contribution in [-0.2, 0) is 4.74 Å². The molecule has 0 amide bonds. The minimum Gasteiger partial charge on any atom is -0.373 e. The second kappa shape index (κ2) is 4.55. The molecule has 1 aliphatic rings. The Bertz CT molecular complexity index is 552. The Morgan fingerprint density at radius 2 is 2.39 bits per heavy atom. The highest BCUT2D eigenvalue weighted by Crippen LogP contribution is 2.20. The first-order valence-corrected chi connectivity index (χ1v) is 6.15. The van der Waals surface area contributed by atoms with E-state index in [9.17, 15) is 0 Å². The lowest BCUT2D eigenvalue weighted by Crippen LogP contribution is -2.46. The molecule has 0 bridgehead atoms. The number of aromatic nitrogens is 3. The minimum atomic E-state index is 0.0952. The van der Waals surface area contributed by atoms with E-state index in [0.717, 1.165) is 24.6 Å². The van der Waals surface area contributed by atoms with Gasteiger partial charge < -0.3 is 15.4 Å². The summed E-state index contributed by atoms with van der Waals surface area (Å²) in [4.78, 5) is 6.50. The van der Waals surface area contributed by atoms with Gasteiger partial charge in [-0.3, -0.25) is 0 Å². The molecule has 1 unspecified atom stereocenters. The van der Waals surface area contributed by atoms with Gasteiger partial charge in [0.1, 0.15) is 12.1 Å². The fourth-order valence-electron chi connectivity index (χ4n) is 2.33. The highest BCUT2D eigenvalue weighted by molar-refractivity contribution is 5.53. The number of aryl methyl sites for hydroxylation is 1. The van der Waals surface area contributed by atoms with Crippen molar-refractivity contribution >= 4 is 11.5 Å². The average Bonchev–Trinajstić information content (AvgIpc) is 2.85. The van der Waals surface area contributed by atoms with Crippen molar-refractivity contribution in [2.45, 2.75) is 13.0 Å². The topological polar surface area (TPSA) is 68.7 Å². The number of hydrogen-bond acceptors (Lipinski definition) is 5. The predicted molar refractivity (Wildman–Crippen MR) is 68.7 cm³/mol. The Morgan fingerprint density at radius 3 is 3.22 bits per heavy atom. The highest BCUT2D eigenvalue weighted by atomic mass is 16.5. The highest BCUT2D eigenvalue weighted by Gasteiger charge is 2.21. The number of rotatable bonds is 2. The molecule has 1 saturated heterocycles. The average molecular weight is 247 g/mol. The number of anilines is 1. The van der Waals surface area contributed by atoms with Crippen LogP contribution in [0.3, 0.4) is 0 Å². The third kappa shape index (κ3) is 1.93. The Labute approximate surface area is 105 Å². The molecular formula is C12H17N5O. The molecule has 0 saturated carbocycles. The van der Waals surface area contributed by atoms with E-state index in [1.165, 1.54) is 5.56 Å². The molecule has 6 nitrogen and oxygen atoms in total. The van der Waals surface area contributed by atoms with Gasteiger partial charge in [0.2, 0.25) is 0 Å².